The molecule has 2 atom stereocenters. The quantitative estimate of drug-likeness (QED) is 0.419. The van der Waals surface area contributed by atoms with Crippen LogP contribution in [0.25, 0.3) is 0 Å². The zero-order valence-corrected chi connectivity index (χ0v) is 21.4. The molecule has 35 heavy (non-hydrogen) atoms. The van der Waals surface area contributed by atoms with Gasteiger partial charge in [0.1, 0.15) is 5.82 Å². The lowest BCUT2D eigenvalue weighted by Crippen LogP contribution is -2.29. The van der Waals surface area contributed by atoms with Gasteiger partial charge in [-0.25, -0.2) is 18.3 Å². The van der Waals surface area contributed by atoms with Crippen molar-refractivity contribution >= 4 is 45.0 Å². The minimum Gasteiger partial charge on any atom is -0.454 e. The molecule has 1 saturated carbocycles. The van der Waals surface area contributed by atoms with Crippen molar-refractivity contribution in [3.8, 4) is 11.5 Å². The lowest BCUT2D eigenvalue weighted by Gasteiger charge is -2.19. The second-order valence-electron chi connectivity index (χ2n) is 8.73. The van der Waals surface area contributed by atoms with E-state index in [4.69, 9.17) is 21.1 Å². The first-order chi connectivity index (χ1) is 16.8. The molecule has 5 rings (SSSR count). The molecule has 0 saturated heterocycles. The van der Waals surface area contributed by atoms with Crippen LogP contribution in [-0.4, -0.2) is 27.1 Å². The van der Waals surface area contributed by atoms with Crippen LogP contribution in [0.15, 0.2) is 42.6 Å². The number of aromatic nitrogens is 1. The highest BCUT2D eigenvalue weighted by atomic mass is 35.5. The van der Waals surface area contributed by atoms with Gasteiger partial charge in [-0.05, 0) is 62.1 Å². The number of anilines is 1. The van der Waals surface area contributed by atoms with E-state index in [2.05, 4.69) is 15.0 Å². The fourth-order valence-electron chi connectivity index (χ4n) is 3.92. The molecule has 1 aromatic heterocycles. The maximum atomic E-state index is 13.6. The Morgan fingerprint density at radius 1 is 1.20 bits per heavy atom. The van der Waals surface area contributed by atoms with Gasteiger partial charge in [0.25, 0.3) is 0 Å². The number of hydrogen-bond acceptors (Lipinski definition) is 6. The molecule has 3 aromatic rings. The lowest BCUT2D eigenvalue weighted by atomic mass is 9.94. The van der Waals surface area contributed by atoms with Gasteiger partial charge in [-0.15, -0.1) is 0 Å². The van der Waals surface area contributed by atoms with E-state index in [1.165, 1.54) is 23.5 Å². The van der Waals surface area contributed by atoms with E-state index in [0.29, 0.717) is 27.1 Å². The zero-order chi connectivity index (χ0) is 24.7. The van der Waals surface area contributed by atoms with Crippen molar-refractivity contribution in [2.24, 2.45) is 0 Å². The van der Waals surface area contributed by atoms with Gasteiger partial charge < -0.3 is 14.8 Å². The molecule has 1 aliphatic heterocycles. The summed E-state index contributed by atoms with van der Waals surface area (Å²) in [5.74, 6) is 0.706. The third-order valence-electron chi connectivity index (χ3n) is 6.07. The summed E-state index contributed by atoms with van der Waals surface area (Å²) in [6.45, 7) is 3.83. The fraction of sp³-hybridized carbons (Fsp3) is 0.333. The number of rotatable bonds is 8. The first-order valence-corrected chi connectivity index (χ1v) is 13.5. The Morgan fingerprint density at radius 2 is 1.97 bits per heavy atom. The molecule has 0 spiro atoms. The number of nitrogens with zero attached hydrogens (tertiary/aromatic N) is 1. The normalized spacial score (nSPS) is 17.3. The molecule has 11 heteroatoms. The highest BCUT2D eigenvalue weighted by Gasteiger charge is 2.52. The van der Waals surface area contributed by atoms with Gasteiger partial charge in [0.2, 0.25) is 12.7 Å². The molecule has 1 unspecified atom stereocenters. The molecule has 1 aliphatic carbocycles. The van der Waals surface area contributed by atoms with Crippen molar-refractivity contribution in [1.82, 2.24) is 9.71 Å². The molecule has 2 aromatic carbocycles. The number of carbonyl (C=O) groups excluding carboxylic acids is 1. The minimum absolute atomic E-state index is 0.146. The van der Waals surface area contributed by atoms with Crippen LogP contribution in [0.1, 0.15) is 48.7 Å². The summed E-state index contributed by atoms with van der Waals surface area (Å²) in [6.07, 6.45) is 3.05. The number of thiazole rings is 1. The first-order valence-electron chi connectivity index (χ1n) is 11.1. The van der Waals surface area contributed by atoms with E-state index >= 15 is 0 Å². The van der Waals surface area contributed by atoms with E-state index in [1.807, 2.05) is 32.0 Å². The van der Waals surface area contributed by atoms with Crippen LogP contribution in [0.5, 0.6) is 11.5 Å². The number of nitrogens with one attached hydrogen (secondary N) is 2. The monoisotopic (exact) mass is 535 g/mol. The van der Waals surface area contributed by atoms with Crippen LogP contribution in [0.2, 0.25) is 5.02 Å². The summed E-state index contributed by atoms with van der Waals surface area (Å²) >= 11 is 7.57. The largest absolute Gasteiger partial charge is 0.454 e. The topological polar surface area (TPSA) is 89.6 Å². The SMILES string of the molecule is CC(C)S(=O)N[C@H](c1cnc(NC(=O)C2(c3ccc4c(c3)OCO4)CC2)s1)c1ccc(F)cc1Cl. The summed E-state index contributed by atoms with van der Waals surface area (Å²) in [6, 6.07) is 9.08. The molecule has 2 heterocycles. The average Bonchev–Trinajstić information content (AvgIpc) is 3.28. The third-order valence-corrected chi connectivity index (χ3v) is 8.70. The molecule has 2 N–H and O–H groups in total. The van der Waals surface area contributed by atoms with Crippen molar-refractivity contribution in [2.75, 3.05) is 12.1 Å². The van der Waals surface area contributed by atoms with Crippen molar-refractivity contribution in [2.45, 2.75) is 43.4 Å². The predicted octanol–water partition coefficient (Wildman–Crippen LogP) is 5.09. The van der Waals surface area contributed by atoms with Crippen molar-refractivity contribution in [1.29, 1.82) is 0 Å². The van der Waals surface area contributed by atoms with Gasteiger partial charge in [-0.1, -0.05) is 35.1 Å². The Kier molecular flexibility index (Phi) is 6.56. The Balaban J connectivity index is 1.38. The number of amides is 1. The maximum Gasteiger partial charge on any atom is 0.236 e. The second kappa shape index (κ2) is 9.50. The smallest absolute Gasteiger partial charge is 0.236 e. The highest BCUT2D eigenvalue weighted by Crippen LogP contribution is 2.51. The van der Waals surface area contributed by atoms with Crippen LogP contribution in [0.4, 0.5) is 9.52 Å². The van der Waals surface area contributed by atoms with Crippen molar-refractivity contribution in [3.05, 3.63) is 69.4 Å². The Labute approximate surface area is 213 Å². The van der Waals surface area contributed by atoms with E-state index in [9.17, 15) is 13.4 Å². The number of ether oxygens (including phenoxy) is 2. The van der Waals surface area contributed by atoms with Gasteiger partial charge >= 0.3 is 0 Å². The molecule has 2 aliphatic rings. The third kappa shape index (κ3) is 4.80. The Bertz CT molecular complexity index is 1310. The predicted molar refractivity (Wildman–Crippen MR) is 134 cm³/mol. The number of halogens is 2. The van der Waals surface area contributed by atoms with Gasteiger partial charge in [0, 0.05) is 21.3 Å². The van der Waals surface area contributed by atoms with E-state index < -0.39 is 28.3 Å². The highest BCUT2D eigenvalue weighted by molar-refractivity contribution is 7.83. The van der Waals surface area contributed by atoms with E-state index in [-0.39, 0.29) is 23.0 Å². The van der Waals surface area contributed by atoms with E-state index in [1.54, 1.807) is 12.3 Å². The van der Waals surface area contributed by atoms with Gasteiger partial charge in [0.15, 0.2) is 16.6 Å². The molecular formula is C24H23ClFN3O4S2. The molecule has 0 bridgehead atoms. The van der Waals surface area contributed by atoms with Gasteiger partial charge in [0.05, 0.1) is 22.4 Å². The van der Waals surface area contributed by atoms with Crippen molar-refractivity contribution in [3.63, 3.8) is 0 Å². The molecule has 7 nitrogen and oxygen atoms in total. The van der Waals surface area contributed by atoms with Crippen molar-refractivity contribution < 1.29 is 22.9 Å². The van der Waals surface area contributed by atoms with Crippen LogP contribution >= 0.6 is 22.9 Å². The van der Waals surface area contributed by atoms with Gasteiger partial charge in [-0.3, -0.25) is 4.79 Å². The van der Waals surface area contributed by atoms with Crippen LogP contribution in [0, 0.1) is 5.82 Å². The Hall–Kier alpha value is -2.53. The van der Waals surface area contributed by atoms with Gasteiger partial charge in [-0.2, -0.15) is 0 Å². The summed E-state index contributed by atoms with van der Waals surface area (Å²) in [7, 11) is -1.38. The standard InChI is InChI=1S/C24H23ClFN3O4S2/c1-13(2)35(31)29-21(16-5-4-15(26)10-17(16)25)20-11-27-23(34-20)28-22(30)24(7-8-24)14-3-6-18-19(9-14)33-12-32-18/h3-6,9-11,13,21,29H,7-8,12H2,1-2H3,(H,27,28,30)/t21-,35?/m0/s1. The van der Waals surface area contributed by atoms with E-state index in [0.717, 1.165) is 18.4 Å². The number of carbonyl (C=O) groups is 1. The van der Waals surface area contributed by atoms with Crippen LogP contribution in [-0.2, 0) is 21.2 Å². The van der Waals surface area contributed by atoms with Crippen LogP contribution < -0.4 is 19.5 Å². The molecule has 184 valence electrons. The molecule has 1 amide bonds. The van der Waals surface area contributed by atoms with Crippen LogP contribution in [0.3, 0.4) is 0 Å². The summed E-state index contributed by atoms with van der Waals surface area (Å²) in [4.78, 5) is 18.3. The number of fused-ring (bicyclic) bond motifs is 1. The first kappa shape index (κ1) is 24.2. The minimum atomic E-state index is -1.38. The lowest BCUT2D eigenvalue weighted by molar-refractivity contribution is -0.118. The molecule has 1 fully saturated rings. The Morgan fingerprint density at radius 3 is 2.69 bits per heavy atom. The average molecular weight is 536 g/mol. The summed E-state index contributed by atoms with van der Waals surface area (Å²) in [5.41, 5.74) is 0.813. The zero-order valence-electron chi connectivity index (χ0n) is 19.0. The second-order valence-corrected chi connectivity index (χ2v) is 12.0. The molecular weight excluding hydrogens is 513 g/mol. The fourth-order valence-corrected chi connectivity index (χ4v) is 5.91. The number of benzene rings is 2. The number of hydrogen-bond donors (Lipinski definition) is 2. The molecule has 0 radical (unpaired) electrons. The summed E-state index contributed by atoms with van der Waals surface area (Å²) in [5, 5.41) is 3.41. The maximum absolute atomic E-state index is 13.6. The summed E-state index contributed by atoms with van der Waals surface area (Å²) < 4.78 is 40.2.